The van der Waals surface area contributed by atoms with Crippen LogP contribution in [0, 0.1) is 0 Å². The molecule has 0 amide bonds. The van der Waals surface area contributed by atoms with E-state index in [1.165, 1.54) is 0 Å². The molecule has 1 atom stereocenters. The number of halogens is 1. The minimum atomic E-state index is 0.219. The molecule has 0 bridgehead atoms. The summed E-state index contributed by atoms with van der Waals surface area (Å²) in [7, 11) is 0. The van der Waals surface area contributed by atoms with Gasteiger partial charge in [-0.1, -0.05) is 0 Å². The van der Waals surface area contributed by atoms with Crippen LogP contribution >= 0.6 is 15.9 Å². The number of hydrogen-bond acceptors (Lipinski definition) is 3. The van der Waals surface area contributed by atoms with Gasteiger partial charge in [0.05, 0.1) is 22.9 Å². The first kappa shape index (κ1) is 7.86. The molecule has 64 valence electrons. The maximum Gasteiger partial charge on any atom is 0.160 e. The molecule has 3 nitrogen and oxygen atoms in total. The fourth-order valence-electron chi connectivity index (χ4n) is 1.17. The summed E-state index contributed by atoms with van der Waals surface area (Å²) in [6.45, 7) is 2.87. The topological polar surface area (TPSA) is 34.2 Å². The number of anilines is 1. The van der Waals surface area contributed by atoms with Crippen molar-refractivity contribution in [2.24, 2.45) is 0 Å². The molecule has 0 radical (unpaired) electrons. The van der Waals surface area contributed by atoms with Gasteiger partial charge in [-0.15, -0.1) is 0 Å². The molecule has 2 rings (SSSR count). The second-order valence-electron chi connectivity index (χ2n) is 2.81. The van der Waals surface area contributed by atoms with E-state index in [2.05, 4.69) is 26.2 Å². The first-order chi connectivity index (χ1) is 5.77. The van der Waals surface area contributed by atoms with Gasteiger partial charge in [0.1, 0.15) is 6.10 Å². The number of nitrogens with zero attached hydrogens (tertiary/aromatic N) is 1. The lowest BCUT2D eigenvalue weighted by molar-refractivity contribution is 0.224. The molecule has 0 aliphatic carbocycles. The molecule has 0 spiro atoms. The van der Waals surface area contributed by atoms with E-state index >= 15 is 0 Å². The molecule has 0 fully saturated rings. The summed E-state index contributed by atoms with van der Waals surface area (Å²) in [5.41, 5.74) is 0.961. The largest absolute Gasteiger partial charge is 0.485 e. The Morgan fingerprint density at radius 1 is 1.67 bits per heavy atom. The van der Waals surface area contributed by atoms with Gasteiger partial charge in [0, 0.05) is 6.20 Å². The lowest BCUT2D eigenvalue weighted by atomic mass is 10.3. The summed E-state index contributed by atoms with van der Waals surface area (Å²) in [4.78, 5) is 4.03. The Balaban J connectivity index is 2.43. The van der Waals surface area contributed by atoms with Crippen molar-refractivity contribution in [3.05, 3.63) is 16.9 Å². The van der Waals surface area contributed by atoms with Crippen LogP contribution in [-0.4, -0.2) is 17.6 Å². The Morgan fingerprint density at radius 3 is 3.33 bits per heavy atom. The van der Waals surface area contributed by atoms with E-state index in [0.29, 0.717) is 0 Å². The zero-order valence-electron chi connectivity index (χ0n) is 6.67. The molecule has 0 unspecified atom stereocenters. The molecule has 1 aliphatic heterocycles. The smallest absolute Gasteiger partial charge is 0.160 e. The third kappa shape index (κ3) is 1.27. The zero-order valence-corrected chi connectivity index (χ0v) is 8.26. The molecule has 0 saturated carbocycles. The molecular formula is C8H9BrN2O. The summed E-state index contributed by atoms with van der Waals surface area (Å²) < 4.78 is 6.52. The van der Waals surface area contributed by atoms with E-state index in [1.807, 2.05) is 6.92 Å². The minimum Gasteiger partial charge on any atom is -0.485 e. The number of hydrogen-bond donors (Lipinski definition) is 1. The highest BCUT2D eigenvalue weighted by Crippen LogP contribution is 2.34. The van der Waals surface area contributed by atoms with E-state index in [0.717, 1.165) is 22.5 Å². The van der Waals surface area contributed by atoms with Gasteiger partial charge in [-0.2, -0.15) is 0 Å². The summed E-state index contributed by atoms with van der Waals surface area (Å²) >= 11 is 3.38. The Labute approximate surface area is 79.3 Å². The van der Waals surface area contributed by atoms with Crippen LogP contribution in [0.5, 0.6) is 5.75 Å². The molecule has 2 heterocycles. The van der Waals surface area contributed by atoms with Gasteiger partial charge in [0.2, 0.25) is 0 Å². The van der Waals surface area contributed by atoms with E-state index in [1.54, 1.807) is 12.4 Å². The van der Waals surface area contributed by atoms with Crippen LogP contribution in [0.2, 0.25) is 0 Å². The number of fused-ring (bicyclic) bond motifs is 1. The van der Waals surface area contributed by atoms with Gasteiger partial charge in [-0.05, 0) is 22.9 Å². The molecule has 1 aromatic heterocycles. The SMILES string of the molecule is C[C@H]1CNc2cncc(Br)c2O1. The minimum absolute atomic E-state index is 0.219. The second-order valence-corrected chi connectivity index (χ2v) is 3.66. The summed E-state index contributed by atoms with van der Waals surface area (Å²) in [6.07, 6.45) is 3.72. The van der Waals surface area contributed by atoms with Crippen molar-refractivity contribution in [3.8, 4) is 5.75 Å². The third-order valence-corrected chi connectivity index (χ3v) is 2.32. The Kier molecular flexibility index (Phi) is 1.92. The average Bonchev–Trinajstić information content (AvgIpc) is 2.07. The van der Waals surface area contributed by atoms with Crippen LogP contribution in [0.1, 0.15) is 6.92 Å². The maximum absolute atomic E-state index is 5.61. The van der Waals surface area contributed by atoms with Gasteiger partial charge >= 0.3 is 0 Å². The first-order valence-electron chi connectivity index (χ1n) is 3.81. The quantitative estimate of drug-likeness (QED) is 0.739. The highest BCUT2D eigenvalue weighted by atomic mass is 79.9. The average molecular weight is 229 g/mol. The zero-order chi connectivity index (χ0) is 8.55. The fourth-order valence-corrected chi connectivity index (χ4v) is 1.59. The molecule has 1 N–H and O–H groups in total. The molecule has 0 saturated heterocycles. The lowest BCUT2D eigenvalue weighted by Gasteiger charge is -2.24. The van der Waals surface area contributed by atoms with Gasteiger partial charge in [-0.3, -0.25) is 4.98 Å². The first-order valence-corrected chi connectivity index (χ1v) is 4.60. The van der Waals surface area contributed by atoms with Gasteiger partial charge in [0.15, 0.2) is 5.75 Å². The number of pyridine rings is 1. The number of aromatic nitrogens is 1. The predicted molar refractivity (Wildman–Crippen MR) is 50.5 cm³/mol. The van der Waals surface area contributed by atoms with Gasteiger partial charge < -0.3 is 10.1 Å². The van der Waals surface area contributed by atoms with E-state index < -0.39 is 0 Å². The highest BCUT2D eigenvalue weighted by Gasteiger charge is 2.17. The molecule has 0 aromatic carbocycles. The van der Waals surface area contributed by atoms with E-state index in [-0.39, 0.29) is 6.10 Å². The van der Waals surface area contributed by atoms with Crippen LogP contribution < -0.4 is 10.1 Å². The maximum atomic E-state index is 5.61. The van der Waals surface area contributed by atoms with Crippen LogP contribution in [-0.2, 0) is 0 Å². The predicted octanol–water partition coefficient (Wildman–Crippen LogP) is 2.04. The normalized spacial score (nSPS) is 20.7. The van der Waals surface area contributed by atoms with E-state index in [9.17, 15) is 0 Å². The van der Waals surface area contributed by atoms with Crippen molar-refractivity contribution in [1.29, 1.82) is 0 Å². The van der Waals surface area contributed by atoms with Gasteiger partial charge in [0.25, 0.3) is 0 Å². The van der Waals surface area contributed by atoms with E-state index in [4.69, 9.17) is 4.74 Å². The fraction of sp³-hybridized carbons (Fsp3) is 0.375. The van der Waals surface area contributed by atoms with Crippen LogP contribution in [0.15, 0.2) is 16.9 Å². The van der Waals surface area contributed by atoms with Crippen LogP contribution in [0.25, 0.3) is 0 Å². The van der Waals surface area contributed by atoms with Crippen LogP contribution in [0.4, 0.5) is 5.69 Å². The molecule has 4 heteroatoms. The second kappa shape index (κ2) is 2.94. The summed E-state index contributed by atoms with van der Waals surface area (Å²) in [5.74, 6) is 0.865. The standard InChI is InChI=1S/C8H9BrN2O/c1-5-2-11-7-4-10-3-6(9)8(7)12-5/h3-5,11H,2H2,1H3/t5-/m0/s1. The van der Waals surface area contributed by atoms with Crippen molar-refractivity contribution in [2.75, 3.05) is 11.9 Å². The van der Waals surface area contributed by atoms with Crippen molar-refractivity contribution in [2.45, 2.75) is 13.0 Å². The lowest BCUT2D eigenvalue weighted by Crippen LogP contribution is -2.27. The highest BCUT2D eigenvalue weighted by molar-refractivity contribution is 9.10. The summed E-state index contributed by atoms with van der Waals surface area (Å²) in [5, 5.41) is 3.24. The molecule has 1 aliphatic rings. The number of nitrogens with one attached hydrogen (secondary N) is 1. The van der Waals surface area contributed by atoms with Crippen molar-refractivity contribution < 1.29 is 4.74 Å². The van der Waals surface area contributed by atoms with Gasteiger partial charge in [-0.25, -0.2) is 0 Å². The number of ether oxygens (including phenoxy) is 1. The molecule has 1 aromatic rings. The molecule has 12 heavy (non-hydrogen) atoms. The van der Waals surface area contributed by atoms with Crippen molar-refractivity contribution in [3.63, 3.8) is 0 Å². The number of rotatable bonds is 0. The monoisotopic (exact) mass is 228 g/mol. The van der Waals surface area contributed by atoms with Crippen molar-refractivity contribution >= 4 is 21.6 Å². The Bertz CT molecular complexity index is 303. The Morgan fingerprint density at radius 2 is 2.50 bits per heavy atom. The summed E-state index contributed by atoms with van der Waals surface area (Å²) in [6, 6.07) is 0. The van der Waals surface area contributed by atoms with Crippen LogP contribution in [0.3, 0.4) is 0 Å². The third-order valence-electron chi connectivity index (χ3n) is 1.75. The molecular weight excluding hydrogens is 220 g/mol. The van der Waals surface area contributed by atoms with Crippen molar-refractivity contribution in [1.82, 2.24) is 4.98 Å². The Hall–Kier alpha value is -0.770.